The minimum Gasteiger partial charge on any atom is -0.481 e. The van der Waals surface area contributed by atoms with Crippen LogP contribution in [0.25, 0.3) is 0 Å². The summed E-state index contributed by atoms with van der Waals surface area (Å²) in [6, 6.07) is 0. The Balaban J connectivity index is 4.93. The molecule has 3 N–H and O–H groups in total. The Labute approximate surface area is 73.1 Å². The predicted molar refractivity (Wildman–Crippen MR) is 40.2 cm³/mol. The van der Waals surface area contributed by atoms with E-state index < -0.39 is 29.4 Å². The van der Waals surface area contributed by atoms with Gasteiger partial charge in [0.05, 0.1) is 11.5 Å². The van der Waals surface area contributed by atoms with Crippen LogP contribution in [-0.4, -0.2) is 33.2 Å². The third-order valence-electron chi connectivity index (χ3n) is 1.36. The molecule has 0 aliphatic heterocycles. The van der Waals surface area contributed by atoms with E-state index in [1.807, 2.05) is 0 Å². The largest absolute Gasteiger partial charge is 0.481 e. The molecule has 0 aromatic carbocycles. The van der Waals surface area contributed by atoms with Gasteiger partial charge in [0.1, 0.15) is 0 Å². The molecule has 0 aliphatic carbocycles. The molecule has 1 atom stereocenters. The number of carbonyl (C=O) groups is 3. The van der Waals surface area contributed by atoms with E-state index in [-0.39, 0.29) is 0 Å². The van der Waals surface area contributed by atoms with Crippen LogP contribution in [0, 0.1) is 5.92 Å². The van der Waals surface area contributed by atoms with Gasteiger partial charge in [-0.15, -0.1) is 0 Å². The van der Waals surface area contributed by atoms with Gasteiger partial charge in [-0.3, -0.25) is 4.79 Å². The van der Waals surface area contributed by atoms with Gasteiger partial charge in [0, 0.05) is 6.08 Å². The SMILES string of the molecule is CC(C(=O)O)C(=CC(=O)O)C(=O)O. The number of carboxylic acid groups (broad SMARTS) is 3. The molecule has 0 bridgehead atoms. The van der Waals surface area contributed by atoms with E-state index in [1.165, 1.54) is 0 Å². The van der Waals surface area contributed by atoms with Crippen molar-refractivity contribution in [1.29, 1.82) is 0 Å². The zero-order valence-corrected chi connectivity index (χ0v) is 6.72. The molecule has 0 aromatic rings. The first-order chi connectivity index (χ1) is 5.86. The first-order valence-electron chi connectivity index (χ1n) is 3.27. The van der Waals surface area contributed by atoms with E-state index in [9.17, 15) is 14.4 Å². The summed E-state index contributed by atoms with van der Waals surface area (Å²) in [7, 11) is 0. The van der Waals surface area contributed by atoms with Crippen LogP contribution in [0.3, 0.4) is 0 Å². The lowest BCUT2D eigenvalue weighted by atomic mass is 10.0. The second-order valence-corrected chi connectivity index (χ2v) is 2.30. The average Bonchev–Trinajstić information content (AvgIpc) is 1.97. The second kappa shape index (κ2) is 4.24. The van der Waals surface area contributed by atoms with E-state index in [0.717, 1.165) is 6.92 Å². The third-order valence-corrected chi connectivity index (χ3v) is 1.36. The maximum Gasteiger partial charge on any atom is 0.332 e. The average molecular weight is 188 g/mol. The molecule has 13 heavy (non-hydrogen) atoms. The van der Waals surface area contributed by atoms with E-state index in [1.54, 1.807) is 0 Å². The summed E-state index contributed by atoms with van der Waals surface area (Å²) in [5, 5.41) is 25.1. The van der Waals surface area contributed by atoms with Gasteiger partial charge in [0.15, 0.2) is 0 Å². The van der Waals surface area contributed by atoms with E-state index in [0.29, 0.717) is 6.08 Å². The van der Waals surface area contributed by atoms with Crippen LogP contribution in [0.2, 0.25) is 0 Å². The minimum absolute atomic E-state index is 0.376. The van der Waals surface area contributed by atoms with Gasteiger partial charge >= 0.3 is 17.9 Å². The highest BCUT2D eigenvalue weighted by Gasteiger charge is 2.23. The van der Waals surface area contributed by atoms with Crippen LogP contribution in [0.5, 0.6) is 0 Å². The maximum atomic E-state index is 10.4. The van der Waals surface area contributed by atoms with Gasteiger partial charge in [0.2, 0.25) is 0 Å². The maximum absolute atomic E-state index is 10.4. The molecular formula is C7H8O6. The molecule has 0 saturated heterocycles. The Bertz CT molecular complexity index is 277. The summed E-state index contributed by atoms with van der Waals surface area (Å²) in [6.45, 7) is 1.10. The molecular weight excluding hydrogens is 180 g/mol. The van der Waals surface area contributed by atoms with Gasteiger partial charge in [0.25, 0.3) is 0 Å². The van der Waals surface area contributed by atoms with Crippen LogP contribution in [0.1, 0.15) is 6.92 Å². The van der Waals surface area contributed by atoms with Gasteiger partial charge in [-0.25, -0.2) is 9.59 Å². The number of carboxylic acids is 3. The fraction of sp³-hybridized carbons (Fsp3) is 0.286. The Morgan fingerprint density at radius 1 is 1.15 bits per heavy atom. The van der Waals surface area contributed by atoms with Crippen molar-refractivity contribution >= 4 is 17.9 Å². The summed E-state index contributed by atoms with van der Waals surface area (Å²) in [6.07, 6.45) is 0.376. The fourth-order valence-electron chi connectivity index (χ4n) is 0.638. The highest BCUT2D eigenvalue weighted by atomic mass is 16.4. The van der Waals surface area contributed by atoms with Crippen molar-refractivity contribution in [3.63, 3.8) is 0 Å². The standard InChI is InChI=1S/C7H8O6/c1-3(6(10)11)4(7(12)13)2-5(8)9/h2-3H,1H3,(H,8,9)(H,10,11)(H,12,13). The Kier molecular flexibility index (Phi) is 3.64. The molecule has 72 valence electrons. The fourth-order valence-corrected chi connectivity index (χ4v) is 0.638. The predicted octanol–water partition coefficient (Wildman–Crippen LogP) is -0.197. The van der Waals surface area contributed by atoms with Crippen LogP contribution in [0.4, 0.5) is 0 Å². The molecule has 0 rings (SSSR count). The lowest BCUT2D eigenvalue weighted by molar-refractivity contribution is -0.143. The van der Waals surface area contributed by atoms with Crippen LogP contribution in [0.15, 0.2) is 11.6 Å². The molecule has 0 spiro atoms. The van der Waals surface area contributed by atoms with E-state index >= 15 is 0 Å². The molecule has 1 unspecified atom stereocenters. The lowest BCUT2D eigenvalue weighted by Gasteiger charge is -2.05. The Hall–Kier alpha value is -1.85. The van der Waals surface area contributed by atoms with Crippen LogP contribution in [-0.2, 0) is 14.4 Å². The first kappa shape index (κ1) is 11.2. The van der Waals surface area contributed by atoms with Crippen molar-refractivity contribution in [2.24, 2.45) is 5.92 Å². The zero-order valence-electron chi connectivity index (χ0n) is 6.72. The summed E-state index contributed by atoms with van der Waals surface area (Å²) in [5.41, 5.74) is -0.653. The highest BCUT2D eigenvalue weighted by Crippen LogP contribution is 2.10. The van der Waals surface area contributed by atoms with Crippen LogP contribution >= 0.6 is 0 Å². The molecule has 0 radical (unpaired) electrons. The normalized spacial score (nSPS) is 13.5. The summed E-state index contributed by atoms with van der Waals surface area (Å²) >= 11 is 0. The summed E-state index contributed by atoms with van der Waals surface area (Å²) in [4.78, 5) is 30.8. The van der Waals surface area contributed by atoms with Crippen molar-refractivity contribution in [2.45, 2.75) is 6.92 Å². The molecule has 0 fully saturated rings. The van der Waals surface area contributed by atoms with Crippen LogP contribution < -0.4 is 0 Å². The molecule has 0 heterocycles. The molecule has 6 heteroatoms. The number of hydrogen-bond acceptors (Lipinski definition) is 3. The third kappa shape index (κ3) is 3.37. The molecule has 0 amide bonds. The molecule has 6 nitrogen and oxygen atoms in total. The Morgan fingerprint density at radius 2 is 1.62 bits per heavy atom. The summed E-state index contributed by atoms with van der Waals surface area (Å²) < 4.78 is 0. The molecule has 0 saturated carbocycles. The number of aliphatic carboxylic acids is 3. The van der Waals surface area contributed by atoms with Crippen molar-refractivity contribution in [2.75, 3.05) is 0 Å². The molecule has 0 aliphatic rings. The highest BCUT2D eigenvalue weighted by molar-refractivity contribution is 5.99. The topological polar surface area (TPSA) is 112 Å². The first-order valence-corrected chi connectivity index (χ1v) is 3.27. The van der Waals surface area contributed by atoms with Crippen molar-refractivity contribution in [1.82, 2.24) is 0 Å². The lowest BCUT2D eigenvalue weighted by Crippen LogP contribution is -2.19. The Morgan fingerprint density at radius 3 is 1.85 bits per heavy atom. The zero-order chi connectivity index (χ0) is 10.6. The van der Waals surface area contributed by atoms with Crippen molar-refractivity contribution in [3.8, 4) is 0 Å². The minimum atomic E-state index is -1.54. The number of hydrogen-bond donors (Lipinski definition) is 3. The van der Waals surface area contributed by atoms with E-state index in [2.05, 4.69) is 0 Å². The van der Waals surface area contributed by atoms with Gasteiger partial charge in [-0.05, 0) is 6.92 Å². The molecule has 0 aromatic heterocycles. The van der Waals surface area contributed by atoms with E-state index in [4.69, 9.17) is 15.3 Å². The summed E-state index contributed by atoms with van der Waals surface area (Å²) in [5.74, 6) is -5.74. The van der Waals surface area contributed by atoms with Gasteiger partial charge < -0.3 is 15.3 Å². The number of rotatable bonds is 4. The van der Waals surface area contributed by atoms with Crippen molar-refractivity contribution < 1.29 is 29.7 Å². The van der Waals surface area contributed by atoms with Gasteiger partial charge in [-0.2, -0.15) is 0 Å². The van der Waals surface area contributed by atoms with Crippen molar-refractivity contribution in [3.05, 3.63) is 11.6 Å². The quantitative estimate of drug-likeness (QED) is 0.527. The van der Waals surface area contributed by atoms with Gasteiger partial charge in [-0.1, -0.05) is 0 Å². The monoisotopic (exact) mass is 188 g/mol. The second-order valence-electron chi connectivity index (χ2n) is 2.30. The smallest absolute Gasteiger partial charge is 0.332 e.